The molecule has 0 N–H and O–H groups in total. The third-order valence-electron chi connectivity index (χ3n) is 11.1. The van der Waals surface area contributed by atoms with Gasteiger partial charge in [-0.1, -0.05) is 200 Å². The highest BCUT2D eigenvalue weighted by Gasteiger charge is 2.21. The van der Waals surface area contributed by atoms with E-state index in [0.29, 0.717) is 23.3 Å². The molecule has 0 aliphatic rings. The Bertz CT molecular complexity index is 3240. The summed E-state index contributed by atoms with van der Waals surface area (Å²) < 4.78 is 2.29. The average Bonchev–Trinajstić information content (AvgIpc) is 3.69. The van der Waals surface area contributed by atoms with E-state index < -0.39 is 0 Å². The monoisotopic (exact) mass is 780 g/mol. The summed E-state index contributed by atoms with van der Waals surface area (Å²) in [6, 6.07) is 75.2. The SMILES string of the molecule is c1ccc(-c2nc(-c3ccccc3)nc(-c3ccc(-c4ccc(-c5ccc(-c6nc(-c7ccccc7)c7c(n6)c6ccccc6n7-c6ccccc6)cc5)cc4)cc3)n2)cc1. The fourth-order valence-electron chi connectivity index (χ4n) is 8.03. The first-order chi connectivity index (χ1) is 30.2. The maximum atomic E-state index is 5.29. The van der Waals surface area contributed by atoms with Crippen molar-refractivity contribution in [1.29, 1.82) is 0 Å². The molecule has 0 saturated heterocycles. The molecule has 0 aliphatic heterocycles. The van der Waals surface area contributed by atoms with Crippen molar-refractivity contribution in [2.75, 3.05) is 0 Å². The molecule has 3 heterocycles. The normalized spacial score (nSPS) is 11.3. The molecular formula is C55H36N6. The van der Waals surface area contributed by atoms with Crippen LogP contribution >= 0.6 is 0 Å². The number of hydrogen-bond acceptors (Lipinski definition) is 5. The summed E-state index contributed by atoms with van der Waals surface area (Å²) in [7, 11) is 0. The zero-order chi connectivity index (χ0) is 40.5. The number of hydrogen-bond donors (Lipinski definition) is 0. The summed E-state index contributed by atoms with van der Waals surface area (Å²) in [4.78, 5) is 25.2. The number of para-hydroxylation sites is 2. The Morgan fingerprint density at radius 2 is 0.607 bits per heavy atom. The summed E-state index contributed by atoms with van der Waals surface area (Å²) in [5, 5.41) is 1.09. The van der Waals surface area contributed by atoms with E-state index in [4.69, 9.17) is 24.9 Å². The molecule has 8 aromatic carbocycles. The van der Waals surface area contributed by atoms with Gasteiger partial charge in [0, 0.05) is 38.9 Å². The van der Waals surface area contributed by atoms with Crippen LogP contribution in [-0.4, -0.2) is 29.5 Å². The molecule has 6 heteroatoms. The topological polar surface area (TPSA) is 69.4 Å². The molecule has 11 rings (SSSR count). The minimum Gasteiger partial charge on any atom is -0.306 e. The van der Waals surface area contributed by atoms with E-state index in [9.17, 15) is 0 Å². The van der Waals surface area contributed by atoms with Gasteiger partial charge in [-0.15, -0.1) is 0 Å². The Labute approximate surface area is 353 Å². The second-order valence-corrected chi connectivity index (χ2v) is 14.9. The standard InChI is InChI=1S/C55H36N6/c1-5-15-41(16-6-1)49-51-50(47-23-13-14-24-48(47)61(51)46-21-11-4-12-22-46)57-52(56-49)44-33-29-39(30-34-44)37-25-27-38(28-26-37)40-31-35-45(36-32-40)55-59-53(42-17-7-2-8-18-42)58-54(60-55)43-19-9-3-10-20-43/h1-36H. The van der Waals surface area contributed by atoms with Crippen molar-refractivity contribution in [3.05, 3.63) is 218 Å². The van der Waals surface area contributed by atoms with Crippen molar-refractivity contribution < 1.29 is 0 Å². The van der Waals surface area contributed by atoms with Crippen LogP contribution in [-0.2, 0) is 0 Å². The predicted molar refractivity (Wildman–Crippen MR) is 248 cm³/mol. The van der Waals surface area contributed by atoms with Gasteiger partial charge in [0.15, 0.2) is 23.3 Å². The Balaban J connectivity index is 0.896. The summed E-state index contributed by atoms with van der Waals surface area (Å²) in [5.41, 5.74) is 14.3. The van der Waals surface area contributed by atoms with Crippen molar-refractivity contribution in [3.8, 4) is 84.7 Å². The molecule has 0 spiro atoms. The number of benzene rings is 8. The van der Waals surface area contributed by atoms with Gasteiger partial charge in [-0.05, 0) is 40.5 Å². The van der Waals surface area contributed by atoms with Gasteiger partial charge in [-0.25, -0.2) is 24.9 Å². The van der Waals surface area contributed by atoms with E-state index in [0.717, 1.165) is 83.4 Å². The van der Waals surface area contributed by atoms with Gasteiger partial charge in [-0.3, -0.25) is 0 Å². The van der Waals surface area contributed by atoms with Crippen molar-refractivity contribution in [2.24, 2.45) is 0 Å². The highest BCUT2D eigenvalue weighted by molar-refractivity contribution is 6.11. The fourth-order valence-corrected chi connectivity index (χ4v) is 8.03. The van der Waals surface area contributed by atoms with Crippen molar-refractivity contribution in [3.63, 3.8) is 0 Å². The predicted octanol–water partition coefficient (Wildman–Crippen LogP) is 13.4. The van der Waals surface area contributed by atoms with Crippen LogP contribution in [0.1, 0.15) is 0 Å². The van der Waals surface area contributed by atoms with Gasteiger partial charge in [0.1, 0.15) is 5.52 Å². The lowest BCUT2D eigenvalue weighted by molar-refractivity contribution is 1.07. The second-order valence-electron chi connectivity index (χ2n) is 14.9. The maximum absolute atomic E-state index is 5.29. The number of nitrogens with zero attached hydrogens (tertiary/aromatic N) is 6. The van der Waals surface area contributed by atoms with Crippen LogP contribution in [0.3, 0.4) is 0 Å². The minimum atomic E-state index is 0.638. The van der Waals surface area contributed by atoms with Gasteiger partial charge in [0.05, 0.1) is 16.7 Å². The third-order valence-corrected chi connectivity index (χ3v) is 11.1. The first-order valence-electron chi connectivity index (χ1n) is 20.3. The number of fused-ring (bicyclic) bond motifs is 3. The highest BCUT2D eigenvalue weighted by Crippen LogP contribution is 2.38. The van der Waals surface area contributed by atoms with E-state index in [1.165, 1.54) is 0 Å². The molecule has 3 aromatic heterocycles. The minimum absolute atomic E-state index is 0.638. The number of rotatable bonds is 8. The zero-order valence-corrected chi connectivity index (χ0v) is 33.0. The molecule has 0 bridgehead atoms. The largest absolute Gasteiger partial charge is 0.306 e. The van der Waals surface area contributed by atoms with Crippen LogP contribution in [0, 0.1) is 0 Å². The smallest absolute Gasteiger partial charge is 0.164 e. The molecular weight excluding hydrogens is 745 g/mol. The first-order valence-corrected chi connectivity index (χ1v) is 20.3. The third kappa shape index (κ3) is 6.82. The molecule has 0 saturated carbocycles. The van der Waals surface area contributed by atoms with Gasteiger partial charge in [0.2, 0.25) is 0 Å². The molecule has 11 aromatic rings. The average molecular weight is 781 g/mol. The lowest BCUT2D eigenvalue weighted by atomic mass is 9.98. The Morgan fingerprint density at radius 1 is 0.262 bits per heavy atom. The maximum Gasteiger partial charge on any atom is 0.164 e. The van der Waals surface area contributed by atoms with Crippen LogP contribution in [0.4, 0.5) is 0 Å². The molecule has 0 atom stereocenters. The van der Waals surface area contributed by atoms with Crippen molar-refractivity contribution in [2.45, 2.75) is 0 Å². The lowest BCUT2D eigenvalue weighted by Gasteiger charge is -2.12. The van der Waals surface area contributed by atoms with E-state index in [-0.39, 0.29) is 0 Å². The van der Waals surface area contributed by atoms with Crippen molar-refractivity contribution in [1.82, 2.24) is 29.5 Å². The molecule has 6 nitrogen and oxygen atoms in total. The van der Waals surface area contributed by atoms with Gasteiger partial charge >= 0.3 is 0 Å². The van der Waals surface area contributed by atoms with Crippen molar-refractivity contribution >= 4 is 21.9 Å². The summed E-state index contributed by atoms with van der Waals surface area (Å²) in [5.74, 6) is 2.63. The second kappa shape index (κ2) is 15.4. The Morgan fingerprint density at radius 3 is 1.07 bits per heavy atom. The molecule has 0 amide bonds. The molecule has 0 radical (unpaired) electrons. The fraction of sp³-hybridized carbons (Fsp3) is 0. The first kappa shape index (κ1) is 35.8. The summed E-state index contributed by atoms with van der Waals surface area (Å²) in [6.07, 6.45) is 0. The van der Waals surface area contributed by atoms with Gasteiger partial charge in [-0.2, -0.15) is 0 Å². The van der Waals surface area contributed by atoms with E-state index in [2.05, 4.69) is 150 Å². The molecule has 0 fully saturated rings. The van der Waals surface area contributed by atoms with E-state index >= 15 is 0 Å². The van der Waals surface area contributed by atoms with Crippen LogP contribution in [0.25, 0.3) is 107 Å². The highest BCUT2D eigenvalue weighted by atomic mass is 15.0. The molecule has 286 valence electrons. The van der Waals surface area contributed by atoms with Crippen LogP contribution in [0.5, 0.6) is 0 Å². The summed E-state index contributed by atoms with van der Waals surface area (Å²) in [6.45, 7) is 0. The van der Waals surface area contributed by atoms with Gasteiger partial charge in [0.25, 0.3) is 0 Å². The summed E-state index contributed by atoms with van der Waals surface area (Å²) >= 11 is 0. The van der Waals surface area contributed by atoms with E-state index in [1.807, 2.05) is 72.8 Å². The van der Waals surface area contributed by atoms with Gasteiger partial charge < -0.3 is 4.57 Å². The van der Waals surface area contributed by atoms with Crippen LogP contribution < -0.4 is 0 Å². The quantitative estimate of drug-likeness (QED) is 0.154. The van der Waals surface area contributed by atoms with Crippen LogP contribution in [0.15, 0.2) is 218 Å². The van der Waals surface area contributed by atoms with Crippen LogP contribution in [0.2, 0.25) is 0 Å². The van der Waals surface area contributed by atoms with E-state index in [1.54, 1.807) is 0 Å². The molecule has 0 aliphatic carbocycles. The molecule has 0 unspecified atom stereocenters. The Kier molecular flexibility index (Phi) is 9.06. The zero-order valence-electron chi connectivity index (χ0n) is 33.0. The molecule has 61 heavy (non-hydrogen) atoms. The Hall–Kier alpha value is -8.35. The number of aromatic nitrogens is 6. The lowest BCUT2D eigenvalue weighted by Crippen LogP contribution is -2.00.